The van der Waals surface area contributed by atoms with Gasteiger partial charge in [-0.3, -0.25) is 9.59 Å². The van der Waals surface area contributed by atoms with Gasteiger partial charge >= 0.3 is 0 Å². The third-order valence-corrected chi connectivity index (χ3v) is 3.20. The molecule has 104 valence electrons. The first-order valence-corrected chi connectivity index (χ1v) is 6.73. The lowest BCUT2D eigenvalue weighted by Crippen LogP contribution is -2.40. The van der Waals surface area contributed by atoms with E-state index < -0.39 is 5.82 Å². The standard InChI is InChI=1S/C13H16BrFN2O2/c1-3-6-17(8-12(18)16-2)13(19)9-4-5-10(14)11(15)7-9/h4-5,7H,3,6,8H2,1-2H3,(H,16,18). The highest BCUT2D eigenvalue weighted by molar-refractivity contribution is 9.10. The third-order valence-electron chi connectivity index (χ3n) is 2.56. The highest BCUT2D eigenvalue weighted by atomic mass is 79.9. The molecule has 2 amide bonds. The quantitative estimate of drug-likeness (QED) is 0.899. The maximum absolute atomic E-state index is 13.4. The van der Waals surface area contributed by atoms with E-state index in [0.29, 0.717) is 11.0 Å². The van der Waals surface area contributed by atoms with Crippen molar-refractivity contribution >= 4 is 27.7 Å². The van der Waals surface area contributed by atoms with Crippen molar-refractivity contribution in [2.24, 2.45) is 0 Å². The minimum absolute atomic E-state index is 0.0269. The summed E-state index contributed by atoms with van der Waals surface area (Å²) in [6, 6.07) is 4.17. The van der Waals surface area contributed by atoms with Crippen molar-refractivity contribution in [3.8, 4) is 0 Å². The van der Waals surface area contributed by atoms with Gasteiger partial charge in [-0.15, -0.1) is 0 Å². The number of benzene rings is 1. The largest absolute Gasteiger partial charge is 0.358 e. The monoisotopic (exact) mass is 330 g/mol. The molecule has 1 N–H and O–H groups in total. The van der Waals surface area contributed by atoms with Crippen molar-refractivity contribution in [1.82, 2.24) is 10.2 Å². The van der Waals surface area contributed by atoms with Gasteiger partial charge in [-0.2, -0.15) is 0 Å². The summed E-state index contributed by atoms with van der Waals surface area (Å²) in [7, 11) is 1.51. The third kappa shape index (κ3) is 4.31. The Kier molecular flexibility index (Phi) is 5.95. The van der Waals surface area contributed by atoms with Gasteiger partial charge < -0.3 is 10.2 Å². The Labute approximate surface area is 120 Å². The Morgan fingerprint density at radius 1 is 1.42 bits per heavy atom. The van der Waals surface area contributed by atoms with Gasteiger partial charge in [-0.1, -0.05) is 6.92 Å². The Morgan fingerprint density at radius 2 is 2.11 bits per heavy atom. The molecule has 0 heterocycles. The summed E-state index contributed by atoms with van der Waals surface area (Å²) in [5, 5.41) is 2.47. The Balaban J connectivity index is 2.91. The van der Waals surface area contributed by atoms with Gasteiger partial charge in [0.1, 0.15) is 5.82 Å². The molecule has 4 nitrogen and oxygen atoms in total. The molecule has 0 bridgehead atoms. The zero-order chi connectivity index (χ0) is 14.4. The number of nitrogens with one attached hydrogen (secondary N) is 1. The molecule has 0 aliphatic carbocycles. The van der Waals surface area contributed by atoms with E-state index in [9.17, 15) is 14.0 Å². The first-order chi connectivity index (χ1) is 8.99. The number of hydrogen-bond acceptors (Lipinski definition) is 2. The molecular weight excluding hydrogens is 315 g/mol. The highest BCUT2D eigenvalue weighted by Gasteiger charge is 2.18. The van der Waals surface area contributed by atoms with E-state index in [2.05, 4.69) is 21.2 Å². The predicted molar refractivity (Wildman–Crippen MR) is 74.4 cm³/mol. The Bertz CT molecular complexity index is 480. The van der Waals surface area contributed by atoms with Crippen molar-refractivity contribution in [2.75, 3.05) is 20.1 Å². The van der Waals surface area contributed by atoms with E-state index in [4.69, 9.17) is 0 Å². The number of likely N-dealkylation sites (N-methyl/N-ethyl adjacent to an activating group) is 1. The molecule has 0 spiro atoms. The van der Waals surface area contributed by atoms with Gasteiger partial charge in [0.25, 0.3) is 5.91 Å². The molecule has 0 saturated heterocycles. The molecule has 1 aromatic rings. The van der Waals surface area contributed by atoms with Crippen LogP contribution in [0.25, 0.3) is 0 Å². The van der Waals surface area contributed by atoms with E-state index >= 15 is 0 Å². The summed E-state index contributed by atoms with van der Waals surface area (Å²) < 4.78 is 13.7. The van der Waals surface area contributed by atoms with Crippen LogP contribution >= 0.6 is 15.9 Å². The molecule has 1 rings (SSSR count). The van der Waals surface area contributed by atoms with Crippen molar-refractivity contribution in [3.63, 3.8) is 0 Å². The number of amides is 2. The molecular formula is C13H16BrFN2O2. The van der Waals surface area contributed by atoms with Crippen LogP contribution in [0.5, 0.6) is 0 Å². The fourth-order valence-corrected chi connectivity index (χ4v) is 1.83. The molecule has 0 aliphatic rings. The molecule has 0 radical (unpaired) electrons. The average Bonchev–Trinajstić information content (AvgIpc) is 2.40. The van der Waals surface area contributed by atoms with E-state index in [1.807, 2.05) is 6.92 Å². The van der Waals surface area contributed by atoms with E-state index in [0.717, 1.165) is 6.42 Å². The second-order valence-corrected chi connectivity index (χ2v) is 4.88. The van der Waals surface area contributed by atoms with Crippen LogP contribution in [0.1, 0.15) is 23.7 Å². The first kappa shape index (κ1) is 15.6. The van der Waals surface area contributed by atoms with Crippen LogP contribution in [-0.2, 0) is 4.79 Å². The second-order valence-electron chi connectivity index (χ2n) is 4.03. The molecule has 6 heteroatoms. The zero-order valence-corrected chi connectivity index (χ0v) is 12.5. The smallest absolute Gasteiger partial charge is 0.254 e. The van der Waals surface area contributed by atoms with Gasteiger partial charge in [-0.25, -0.2) is 4.39 Å². The number of nitrogens with zero attached hydrogens (tertiary/aromatic N) is 1. The van der Waals surface area contributed by atoms with E-state index in [-0.39, 0.29) is 23.9 Å². The maximum atomic E-state index is 13.4. The molecule has 0 aliphatic heterocycles. The van der Waals surface area contributed by atoms with Crippen LogP contribution in [0, 0.1) is 5.82 Å². The SMILES string of the molecule is CCCN(CC(=O)NC)C(=O)c1ccc(Br)c(F)c1. The fraction of sp³-hybridized carbons (Fsp3) is 0.385. The minimum atomic E-state index is -0.498. The van der Waals surface area contributed by atoms with Gasteiger partial charge in [0.05, 0.1) is 11.0 Å². The summed E-state index contributed by atoms with van der Waals surface area (Å²) in [4.78, 5) is 25.0. The van der Waals surface area contributed by atoms with Crippen molar-refractivity contribution in [2.45, 2.75) is 13.3 Å². The molecule has 0 aromatic heterocycles. The van der Waals surface area contributed by atoms with Crippen LogP contribution in [0.2, 0.25) is 0 Å². The molecule has 0 atom stereocenters. The van der Waals surface area contributed by atoms with E-state index in [1.165, 1.54) is 30.1 Å². The lowest BCUT2D eigenvalue weighted by atomic mass is 10.2. The minimum Gasteiger partial charge on any atom is -0.358 e. The molecule has 19 heavy (non-hydrogen) atoms. The van der Waals surface area contributed by atoms with Crippen LogP contribution in [0.4, 0.5) is 4.39 Å². The summed E-state index contributed by atoms with van der Waals surface area (Å²) in [6.07, 6.45) is 0.724. The second kappa shape index (κ2) is 7.23. The number of halogens is 2. The van der Waals surface area contributed by atoms with Gasteiger partial charge in [0, 0.05) is 19.2 Å². The summed E-state index contributed by atoms with van der Waals surface area (Å²) >= 11 is 3.03. The summed E-state index contributed by atoms with van der Waals surface area (Å²) in [5.41, 5.74) is 0.234. The number of rotatable bonds is 5. The van der Waals surface area contributed by atoms with Crippen molar-refractivity contribution < 1.29 is 14.0 Å². The molecule has 0 fully saturated rings. The van der Waals surface area contributed by atoms with Crippen LogP contribution in [0.15, 0.2) is 22.7 Å². The zero-order valence-electron chi connectivity index (χ0n) is 10.9. The normalized spacial score (nSPS) is 10.1. The molecule has 1 aromatic carbocycles. The Hall–Kier alpha value is -1.43. The van der Waals surface area contributed by atoms with Gasteiger partial charge in [0.15, 0.2) is 0 Å². The fourth-order valence-electron chi connectivity index (χ4n) is 1.59. The van der Waals surface area contributed by atoms with Crippen LogP contribution < -0.4 is 5.32 Å². The van der Waals surface area contributed by atoms with Crippen LogP contribution in [0.3, 0.4) is 0 Å². The molecule has 0 saturated carbocycles. The molecule has 0 unspecified atom stereocenters. The highest BCUT2D eigenvalue weighted by Crippen LogP contribution is 2.17. The van der Waals surface area contributed by atoms with Crippen molar-refractivity contribution in [1.29, 1.82) is 0 Å². The number of carbonyl (C=O) groups excluding carboxylic acids is 2. The predicted octanol–water partition coefficient (Wildman–Crippen LogP) is 2.19. The summed E-state index contributed by atoms with van der Waals surface area (Å²) in [6.45, 7) is 2.33. The average molecular weight is 331 g/mol. The van der Waals surface area contributed by atoms with Crippen LogP contribution in [-0.4, -0.2) is 36.9 Å². The van der Waals surface area contributed by atoms with Gasteiger partial charge in [-0.05, 0) is 40.5 Å². The number of hydrogen-bond donors (Lipinski definition) is 1. The van der Waals surface area contributed by atoms with E-state index in [1.54, 1.807) is 0 Å². The lowest BCUT2D eigenvalue weighted by Gasteiger charge is -2.21. The maximum Gasteiger partial charge on any atom is 0.254 e. The van der Waals surface area contributed by atoms with Crippen molar-refractivity contribution in [3.05, 3.63) is 34.1 Å². The first-order valence-electron chi connectivity index (χ1n) is 5.94. The summed E-state index contributed by atoms with van der Waals surface area (Å²) in [5.74, 6) is -1.10. The van der Waals surface area contributed by atoms with Gasteiger partial charge in [0.2, 0.25) is 5.91 Å². The Morgan fingerprint density at radius 3 is 2.63 bits per heavy atom. The number of carbonyl (C=O) groups is 2. The topological polar surface area (TPSA) is 49.4 Å². The lowest BCUT2D eigenvalue weighted by molar-refractivity contribution is -0.121.